The molecule has 4 heteroatoms. The van der Waals surface area contributed by atoms with E-state index in [2.05, 4.69) is 31.0 Å². The Morgan fingerprint density at radius 1 is 1.25 bits per heavy atom. The van der Waals surface area contributed by atoms with Crippen LogP contribution in [0.4, 0.5) is 0 Å². The molecule has 1 saturated heterocycles. The number of rotatable bonds is 6. The topological polar surface area (TPSA) is 21.7 Å². The van der Waals surface area contributed by atoms with Crippen LogP contribution >= 0.6 is 12.4 Å². The number of likely N-dealkylation sites (N-methyl/N-ethyl adjacent to an activating group) is 1. The van der Waals surface area contributed by atoms with E-state index in [4.69, 9.17) is 9.47 Å². The lowest BCUT2D eigenvalue weighted by Crippen LogP contribution is -2.50. The van der Waals surface area contributed by atoms with Gasteiger partial charge in [0.1, 0.15) is 0 Å². The van der Waals surface area contributed by atoms with Gasteiger partial charge < -0.3 is 9.47 Å². The summed E-state index contributed by atoms with van der Waals surface area (Å²) >= 11 is 0. The number of ether oxygens (including phenoxy) is 2. The summed E-state index contributed by atoms with van der Waals surface area (Å²) in [5.74, 6) is -0.581. The third-order valence-electron chi connectivity index (χ3n) is 3.58. The van der Waals surface area contributed by atoms with Crippen LogP contribution in [0.2, 0.25) is 0 Å². The smallest absolute Gasteiger partial charge is 0.208 e. The van der Waals surface area contributed by atoms with Crippen LogP contribution in [0.5, 0.6) is 0 Å². The highest BCUT2D eigenvalue weighted by Crippen LogP contribution is 2.31. The molecule has 0 aromatic heterocycles. The normalized spacial score (nSPS) is 23.3. The van der Waals surface area contributed by atoms with Gasteiger partial charge in [-0.25, -0.2) is 0 Å². The van der Waals surface area contributed by atoms with Gasteiger partial charge in [0.15, 0.2) is 0 Å². The number of hydrogen-bond donors (Lipinski definition) is 0. The number of nitrogens with zero attached hydrogens (tertiary/aromatic N) is 1. The van der Waals surface area contributed by atoms with Crippen LogP contribution in [0.1, 0.15) is 31.7 Å². The van der Waals surface area contributed by atoms with E-state index in [-0.39, 0.29) is 12.4 Å². The molecule has 0 radical (unpaired) electrons. The minimum atomic E-state index is -0.581. The van der Waals surface area contributed by atoms with Crippen LogP contribution in [0, 0.1) is 0 Å². The zero-order valence-corrected chi connectivity index (χ0v) is 13.3. The maximum atomic E-state index is 6.17. The third kappa shape index (κ3) is 4.45. The van der Waals surface area contributed by atoms with Crippen molar-refractivity contribution < 1.29 is 9.47 Å². The zero-order valence-electron chi connectivity index (χ0n) is 12.5. The molecule has 0 N–H and O–H groups in total. The summed E-state index contributed by atoms with van der Waals surface area (Å²) in [4.78, 5) is 2.27. The van der Waals surface area contributed by atoms with Crippen LogP contribution in [-0.2, 0) is 15.3 Å². The average molecular weight is 300 g/mol. The highest BCUT2D eigenvalue weighted by atomic mass is 35.5. The van der Waals surface area contributed by atoms with Gasteiger partial charge in [-0.2, -0.15) is 0 Å². The summed E-state index contributed by atoms with van der Waals surface area (Å²) in [6.07, 6.45) is 3.52. The van der Waals surface area contributed by atoms with Gasteiger partial charge in [-0.15, -0.1) is 12.4 Å². The highest BCUT2D eigenvalue weighted by molar-refractivity contribution is 5.85. The van der Waals surface area contributed by atoms with Gasteiger partial charge in [-0.05, 0) is 13.5 Å². The molecular weight excluding hydrogens is 274 g/mol. The molecule has 0 bridgehead atoms. The molecule has 0 aliphatic carbocycles. The first-order valence-electron chi connectivity index (χ1n) is 7.29. The summed E-state index contributed by atoms with van der Waals surface area (Å²) in [7, 11) is 2.12. The lowest BCUT2D eigenvalue weighted by atomic mass is 10.0. The van der Waals surface area contributed by atoms with Crippen molar-refractivity contribution >= 4 is 12.4 Å². The van der Waals surface area contributed by atoms with E-state index < -0.39 is 5.79 Å². The predicted molar refractivity (Wildman–Crippen MR) is 84.3 cm³/mol. The fraction of sp³-hybridized carbons (Fsp3) is 0.625. The van der Waals surface area contributed by atoms with Gasteiger partial charge in [0.2, 0.25) is 5.79 Å². The zero-order chi connectivity index (χ0) is 13.6. The SMILES string of the molecule is CCCCCOC1(c2ccccc2)CN(C)CCO1.Cl. The Morgan fingerprint density at radius 2 is 2.00 bits per heavy atom. The third-order valence-corrected chi connectivity index (χ3v) is 3.58. The van der Waals surface area contributed by atoms with Gasteiger partial charge in [0, 0.05) is 12.1 Å². The molecule has 1 aromatic carbocycles. The minimum absolute atomic E-state index is 0. The van der Waals surface area contributed by atoms with E-state index in [9.17, 15) is 0 Å². The lowest BCUT2D eigenvalue weighted by Gasteiger charge is -2.41. The van der Waals surface area contributed by atoms with E-state index in [1.54, 1.807) is 0 Å². The number of halogens is 1. The molecular formula is C16H26ClNO2. The van der Waals surface area contributed by atoms with Gasteiger partial charge in [-0.3, -0.25) is 4.90 Å². The van der Waals surface area contributed by atoms with Crippen molar-refractivity contribution in [2.24, 2.45) is 0 Å². The quantitative estimate of drug-likeness (QED) is 0.751. The molecule has 1 fully saturated rings. The Morgan fingerprint density at radius 3 is 2.65 bits per heavy atom. The molecule has 0 spiro atoms. The summed E-state index contributed by atoms with van der Waals surface area (Å²) in [5.41, 5.74) is 1.12. The van der Waals surface area contributed by atoms with Gasteiger partial charge in [0.05, 0.1) is 19.8 Å². The molecule has 3 nitrogen and oxygen atoms in total. The van der Waals surface area contributed by atoms with Crippen LogP contribution in [0.25, 0.3) is 0 Å². The fourth-order valence-electron chi connectivity index (χ4n) is 2.47. The maximum Gasteiger partial charge on any atom is 0.208 e. The second kappa shape index (κ2) is 8.63. The Bertz CT molecular complexity index is 374. The molecule has 1 atom stereocenters. The first-order chi connectivity index (χ1) is 9.27. The fourth-order valence-corrected chi connectivity index (χ4v) is 2.47. The molecule has 2 rings (SSSR count). The van der Waals surface area contributed by atoms with Gasteiger partial charge in [-0.1, -0.05) is 50.1 Å². The summed E-state index contributed by atoms with van der Waals surface area (Å²) in [6, 6.07) is 10.3. The van der Waals surface area contributed by atoms with Crippen molar-refractivity contribution in [3.05, 3.63) is 35.9 Å². The van der Waals surface area contributed by atoms with E-state index in [0.717, 1.165) is 38.3 Å². The molecule has 1 aromatic rings. The predicted octanol–water partition coefficient (Wildman–Crippen LogP) is 3.43. The van der Waals surface area contributed by atoms with Crippen molar-refractivity contribution in [1.29, 1.82) is 0 Å². The largest absolute Gasteiger partial charge is 0.345 e. The van der Waals surface area contributed by atoms with Gasteiger partial charge >= 0.3 is 0 Å². The van der Waals surface area contributed by atoms with E-state index in [1.807, 2.05) is 18.2 Å². The second-order valence-corrected chi connectivity index (χ2v) is 5.26. The molecule has 1 aliphatic heterocycles. The number of morpholine rings is 1. The van der Waals surface area contributed by atoms with Crippen LogP contribution < -0.4 is 0 Å². The Kier molecular flexibility index (Phi) is 7.52. The summed E-state index contributed by atoms with van der Waals surface area (Å²) in [5, 5.41) is 0. The molecule has 0 saturated carbocycles. The van der Waals surface area contributed by atoms with E-state index in [1.165, 1.54) is 12.8 Å². The van der Waals surface area contributed by atoms with Crippen molar-refractivity contribution in [3.63, 3.8) is 0 Å². The maximum absolute atomic E-state index is 6.17. The monoisotopic (exact) mass is 299 g/mol. The van der Waals surface area contributed by atoms with Crippen LogP contribution in [0.3, 0.4) is 0 Å². The van der Waals surface area contributed by atoms with Crippen molar-refractivity contribution in [2.45, 2.75) is 32.0 Å². The average Bonchev–Trinajstić information content (AvgIpc) is 2.45. The Balaban J connectivity index is 0.00000200. The first kappa shape index (κ1) is 17.4. The number of benzene rings is 1. The molecule has 1 heterocycles. The van der Waals surface area contributed by atoms with E-state index in [0.29, 0.717) is 0 Å². The molecule has 1 aliphatic rings. The molecule has 0 amide bonds. The lowest BCUT2D eigenvalue weighted by molar-refractivity contribution is -0.274. The van der Waals surface area contributed by atoms with Crippen molar-refractivity contribution in [3.8, 4) is 0 Å². The standard InChI is InChI=1S/C16H25NO2.ClH/c1-3-4-8-12-18-16(14-17(2)11-13-19-16)15-9-6-5-7-10-15;/h5-7,9-10H,3-4,8,11-14H2,1-2H3;1H. The Labute approximate surface area is 128 Å². The first-order valence-corrected chi connectivity index (χ1v) is 7.29. The second-order valence-electron chi connectivity index (χ2n) is 5.26. The van der Waals surface area contributed by atoms with Crippen LogP contribution in [0.15, 0.2) is 30.3 Å². The highest BCUT2D eigenvalue weighted by Gasteiger charge is 2.38. The summed E-state index contributed by atoms with van der Waals surface area (Å²) < 4.78 is 12.2. The van der Waals surface area contributed by atoms with Gasteiger partial charge in [0.25, 0.3) is 0 Å². The van der Waals surface area contributed by atoms with Crippen molar-refractivity contribution in [2.75, 3.05) is 33.4 Å². The molecule has 20 heavy (non-hydrogen) atoms. The minimum Gasteiger partial charge on any atom is -0.345 e. The molecule has 1 unspecified atom stereocenters. The van der Waals surface area contributed by atoms with Crippen molar-refractivity contribution in [1.82, 2.24) is 4.90 Å². The number of unbranched alkanes of at least 4 members (excludes halogenated alkanes) is 2. The van der Waals surface area contributed by atoms with E-state index >= 15 is 0 Å². The molecule has 114 valence electrons. The summed E-state index contributed by atoms with van der Waals surface area (Å²) in [6.45, 7) is 5.45. The van der Waals surface area contributed by atoms with Crippen LogP contribution in [-0.4, -0.2) is 38.3 Å². The Hall–Kier alpha value is -0.610. The number of hydrogen-bond acceptors (Lipinski definition) is 3.